The molecule has 1 N–H and O–H groups in total. The smallest absolute Gasteiger partial charge is 0.150 e. The Kier molecular flexibility index (Phi) is 2.14. The Balaban J connectivity index is 2.21. The number of aryl methyl sites for hydroxylation is 1. The van der Waals surface area contributed by atoms with Gasteiger partial charge in [0.2, 0.25) is 0 Å². The first-order valence-electron chi connectivity index (χ1n) is 4.48. The van der Waals surface area contributed by atoms with Gasteiger partial charge in [0.15, 0.2) is 0 Å². The molecule has 4 heteroatoms. The first-order chi connectivity index (χ1) is 6.27. The van der Waals surface area contributed by atoms with Gasteiger partial charge in [-0.05, 0) is 13.3 Å². The summed E-state index contributed by atoms with van der Waals surface area (Å²) >= 11 is 0. The molecule has 2 heterocycles. The van der Waals surface area contributed by atoms with E-state index in [-0.39, 0.29) is 6.10 Å². The summed E-state index contributed by atoms with van der Waals surface area (Å²) in [5.74, 6) is 0.902. The number of rotatable bonds is 1. The predicted molar refractivity (Wildman–Crippen MR) is 49.6 cm³/mol. The summed E-state index contributed by atoms with van der Waals surface area (Å²) in [7, 11) is 0. The lowest BCUT2D eigenvalue weighted by atomic mass is 10.3. The minimum atomic E-state index is -0.207. The molecule has 0 aromatic carbocycles. The minimum Gasteiger partial charge on any atom is -0.391 e. The highest BCUT2D eigenvalue weighted by atomic mass is 16.3. The first-order valence-corrected chi connectivity index (χ1v) is 4.48. The maximum Gasteiger partial charge on any atom is 0.150 e. The molecule has 0 saturated carbocycles. The van der Waals surface area contributed by atoms with Crippen molar-refractivity contribution in [3.8, 4) is 0 Å². The highest BCUT2D eigenvalue weighted by Gasteiger charge is 2.22. The summed E-state index contributed by atoms with van der Waals surface area (Å²) < 4.78 is 0. The van der Waals surface area contributed by atoms with Crippen LogP contribution < -0.4 is 4.90 Å². The number of hydrogen-bond acceptors (Lipinski definition) is 4. The molecule has 0 amide bonds. The minimum absolute atomic E-state index is 0.207. The van der Waals surface area contributed by atoms with Gasteiger partial charge in [-0.2, -0.15) is 0 Å². The SMILES string of the molecule is Cc1nccnc1N1CC[C@@H](O)C1. The van der Waals surface area contributed by atoms with Crippen molar-refractivity contribution in [1.29, 1.82) is 0 Å². The van der Waals surface area contributed by atoms with Crippen LogP contribution in [0.25, 0.3) is 0 Å². The monoisotopic (exact) mass is 179 g/mol. The average molecular weight is 179 g/mol. The van der Waals surface area contributed by atoms with Crippen LogP contribution in [0.2, 0.25) is 0 Å². The third-order valence-electron chi connectivity index (χ3n) is 2.32. The third kappa shape index (κ3) is 1.62. The lowest BCUT2D eigenvalue weighted by Gasteiger charge is -2.17. The van der Waals surface area contributed by atoms with Crippen LogP contribution in [-0.4, -0.2) is 34.3 Å². The Morgan fingerprint density at radius 2 is 2.23 bits per heavy atom. The van der Waals surface area contributed by atoms with E-state index in [1.165, 1.54) is 0 Å². The molecule has 1 saturated heterocycles. The second kappa shape index (κ2) is 3.30. The van der Waals surface area contributed by atoms with Gasteiger partial charge in [-0.15, -0.1) is 0 Å². The molecule has 13 heavy (non-hydrogen) atoms. The molecule has 0 bridgehead atoms. The quantitative estimate of drug-likeness (QED) is 0.676. The molecule has 4 nitrogen and oxygen atoms in total. The number of β-amino-alcohol motifs (C(OH)–C–C–N with tert-alkyl or cyclic N) is 1. The molecule has 1 aromatic rings. The molecule has 0 spiro atoms. The standard InChI is InChI=1S/C9H13N3O/c1-7-9(11-4-3-10-7)12-5-2-8(13)6-12/h3-4,8,13H,2,5-6H2,1H3/t8-/m1/s1. The van der Waals surface area contributed by atoms with E-state index in [9.17, 15) is 5.11 Å². The van der Waals surface area contributed by atoms with Gasteiger partial charge in [-0.25, -0.2) is 4.98 Å². The number of anilines is 1. The molecule has 0 unspecified atom stereocenters. The summed E-state index contributed by atoms with van der Waals surface area (Å²) in [6, 6.07) is 0. The zero-order valence-electron chi connectivity index (χ0n) is 7.64. The zero-order valence-corrected chi connectivity index (χ0v) is 7.64. The Bertz CT molecular complexity index is 303. The molecule has 1 aromatic heterocycles. The number of aromatic nitrogens is 2. The van der Waals surface area contributed by atoms with Crippen molar-refractivity contribution in [3.05, 3.63) is 18.1 Å². The largest absolute Gasteiger partial charge is 0.391 e. The number of hydrogen-bond donors (Lipinski definition) is 1. The normalized spacial score (nSPS) is 22.3. The molecule has 1 aliphatic heterocycles. The highest BCUT2D eigenvalue weighted by molar-refractivity contribution is 5.43. The number of aliphatic hydroxyl groups is 1. The van der Waals surface area contributed by atoms with Gasteiger partial charge >= 0.3 is 0 Å². The van der Waals surface area contributed by atoms with Crippen LogP contribution in [0.3, 0.4) is 0 Å². The molecule has 1 atom stereocenters. The van der Waals surface area contributed by atoms with E-state index in [0.717, 1.165) is 24.5 Å². The Labute approximate surface area is 77.2 Å². The van der Waals surface area contributed by atoms with Crippen molar-refractivity contribution in [1.82, 2.24) is 9.97 Å². The predicted octanol–water partition coefficient (Wildman–Crippen LogP) is 0.356. The van der Waals surface area contributed by atoms with E-state index in [1.807, 2.05) is 6.92 Å². The van der Waals surface area contributed by atoms with E-state index in [1.54, 1.807) is 12.4 Å². The van der Waals surface area contributed by atoms with Crippen molar-refractivity contribution in [2.45, 2.75) is 19.4 Å². The lowest BCUT2D eigenvalue weighted by Crippen LogP contribution is -2.23. The van der Waals surface area contributed by atoms with Crippen LogP contribution in [0.1, 0.15) is 12.1 Å². The number of nitrogens with zero attached hydrogens (tertiary/aromatic N) is 3. The van der Waals surface area contributed by atoms with Crippen molar-refractivity contribution in [2.24, 2.45) is 0 Å². The van der Waals surface area contributed by atoms with Crippen LogP contribution in [0, 0.1) is 6.92 Å². The van der Waals surface area contributed by atoms with Crippen molar-refractivity contribution >= 4 is 5.82 Å². The fourth-order valence-electron chi connectivity index (χ4n) is 1.64. The van der Waals surface area contributed by atoms with E-state index in [4.69, 9.17) is 0 Å². The van der Waals surface area contributed by atoms with Gasteiger partial charge in [0.05, 0.1) is 11.8 Å². The van der Waals surface area contributed by atoms with Crippen molar-refractivity contribution in [2.75, 3.05) is 18.0 Å². The molecule has 1 fully saturated rings. The van der Waals surface area contributed by atoms with Crippen molar-refractivity contribution < 1.29 is 5.11 Å². The molecule has 2 rings (SSSR count). The highest BCUT2D eigenvalue weighted by Crippen LogP contribution is 2.19. The zero-order chi connectivity index (χ0) is 9.26. The maximum atomic E-state index is 9.36. The topological polar surface area (TPSA) is 49.2 Å². The van der Waals surface area contributed by atoms with Crippen LogP contribution in [0.4, 0.5) is 5.82 Å². The average Bonchev–Trinajstić information content (AvgIpc) is 2.53. The van der Waals surface area contributed by atoms with Gasteiger partial charge in [0.25, 0.3) is 0 Å². The van der Waals surface area contributed by atoms with E-state index in [0.29, 0.717) is 6.54 Å². The molecule has 1 aliphatic rings. The van der Waals surface area contributed by atoms with Crippen LogP contribution in [0.15, 0.2) is 12.4 Å². The summed E-state index contributed by atoms with van der Waals surface area (Å²) in [6.45, 7) is 3.49. The van der Waals surface area contributed by atoms with Crippen LogP contribution >= 0.6 is 0 Å². The Hall–Kier alpha value is -1.16. The van der Waals surface area contributed by atoms with E-state index in [2.05, 4.69) is 14.9 Å². The van der Waals surface area contributed by atoms with Gasteiger partial charge in [-0.1, -0.05) is 0 Å². The Morgan fingerprint density at radius 1 is 1.46 bits per heavy atom. The summed E-state index contributed by atoms with van der Waals surface area (Å²) in [4.78, 5) is 10.5. The van der Waals surface area contributed by atoms with Gasteiger partial charge in [0.1, 0.15) is 5.82 Å². The number of aliphatic hydroxyl groups excluding tert-OH is 1. The van der Waals surface area contributed by atoms with Gasteiger partial charge in [-0.3, -0.25) is 4.98 Å². The fraction of sp³-hybridized carbons (Fsp3) is 0.556. The Morgan fingerprint density at radius 3 is 2.85 bits per heavy atom. The lowest BCUT2D eigenvalue weighted by molar-refractivity contribution is 0.198. The molecule has 70 valence electrons. The molecule has 0 radical (unpaired) electrons. The van der Waals surface area contributed by atoms with Gasteiger partial charge in [0, 0.05) is 25.5 Å². The summed E-state index contributed by atoms with van der Waals surface area (Å²) in [6.07, 6.45) is 4.00. The van der Waals surface area contributed by atoms with Crippen LogP contribution in [-0.2, 0) is 0 Å². The van der Waals surface area contributed by atoms with Crippen molar-refractivity contribution in [3.63, 3.8) is 0 Å². The second-order valence-electron chi connectivity index (χ2n) is 3.35. The van der Waals surface area contributed by atoms with Gasteiger partial charge < -0.3 is 10.0 Å². The van der Waals surface area contributed by atoms with E-state index >= 15 is 0 Å². The maximum absolute atomic E-state index is 9.36. The summed E-state index contributed by atoms with van der Waals surface area (Å²) in [5.41, 5.74) is 0.927. The fourth-order valence-corrected chi connectivity index (χ4v) is 1.64. The van der Waals surface area contributed by atoms with Crippen LogP contribution in [0.5, 0.6) is 0 Å². The third-order valence-corrected chi connectivity index (χ3v) is 2.32. The molecular formula is C9H13N3O. The summed E-state index contributed by atoms with van der Waals surface area (Å²) in [5, 5.41) is 9.36. The second-order valence-corrected chi connectivity index (χ2v) is 3.35. The molecule has 0 aliphatic carbocycles. The first kappa shape index (κ1) is 8.44. The molecular weight excluding hydrogens is 166 g/mol. The van der Waals surface area contributed by atoms with E-state index < -0.39 is 0 Å².